The number of tetrazole rings is 1. The molecule has 182 valence electrons. The highest BCUT2D eigenvalue weighted by Crippen LogP contribution is 2.31. The number of hydrogen-bond donors (Lipinski definition) is 1. The summed E-state index contributed by atoms with van der Waals surface area (Å²) in [5, 5.41) is 17.4. The summed E-state index contributed by atoms with van der Waals surface area (Å²) in [5.74, 6) is 0.569. The van der Waals surface area contributed by atoms with Crippen LogP contribution in [-0.2, 0) is 16.1 Å². The van der Waals surface area contributed by atoms with Crippen molar-refractivity contribution in [3.05, 3.63) is 71.5 Å². The average Bonchev–Trinajstić information content (AvgIpc) is 3.60. The third-order valence-electron chi connectivity index (χ3n) is 5.45. The summed E-state index contributed by atoms with van der Waals surface area (Å²) in [6, 6.07) is 13.6. The highest BCUT2D eigenvalue weighted by Gasteiger charge is 2.35. The SMILES string of the molecule is Cc1ccccc1N(C(=O)Cn1nnc(-c2cccs2)n1)[C@H](C(=O)NCCC(C)C)c1ccco1. The van der Waals surface area contributed by atoms with E-state index in [0.29, 0.717) is 29.7 Å². The van der Waals surface area contributed by atoms with Crippen LogP contribution in [0.1, 0.15) is 37.6 Å². The van der Waals surface area contributed by atoms with Gasteiger partial charge in [-0.1, -0.05) is 38.1 Å². The lowest BCUT2D eigenvalue weighted by molar-refractivity contribution is -0.127. The number of para-hydroxylation sites is 1. The molecule has 4 rings (SSSR count). The molecule has 3 heterocycles. The Balaban J connectivity index is 1.67. The maximum atomic E-state index is 13.8. The molecule has 35 heavy (non-hydrogen) atoms. The van der Waals surface area contributed by atoms with E-state index in [0.717, 1.165) is 16.9 Å². The Bertz CT molecular complexity index is 1250. The fourth-order valence-electron chi connectivity index (χ4n) is 3.66. The van der Waals surface area contributed by atoms with Crippen molar-refractivity contribution in [3.63, 3.8) is 0 Å². The highest BCUT2D eigenvalue weighted by atomic mass is 32.1. The Hall–Kier alpha value is -3.79. The first-order valence-electron chi connectivity index (χ1n) is 11.4. The van der Waals surface area contributed by atoms with Crippen molar-refractivity contribution in [2.75, 3.05) is 11.4 Å². The first-order chi connectivity index (χ1) is 16.9. The second kappa shape index (κ2) is 11.1. The van der Waals surface area contributed by atoms with Crippen LogP contribution in [0.25, 0.3) is 10.7 Å². The van der Waals surface area contributed by atoms with Crippen LogP contribution >= 0.6 is 11.3 Å². The van der Waals surface area contributed by atoms with Crippen molar-refractivity contribution in [2.24, 2.45) is 5.92 Å². The molecule has 0 saturated carbocycles. The van der Waals surface area contributed by atoms with Crippen LogP contribution in [0.15, 0.2) is 64.6 Å². The molecule has 4 aromatic rings. The van der Waals surface area contributed by atoms with Crippen molar-refractivity contribution >= 4 is 28.8 Å². The number of rotatable bonds is 10. The second-order valence-electron chi connectivity index (χ2n) is 8.56. The molecule has 2 amide bonds. The minimum atomic E-state index is -0.994. The quantitative estimate of drug-likeness (QED) is 0.355. The van der Waals surface area contributed by atoms with Gasteiger partial charge in [0.05, 0.1) is 11.1 Å². The van der Waals surface area contributed by atoms with E-state index in [-0.39, 0.29) is 18.4 Å². The summed E-state index contributed by atoms with van der Waals surface area (Å²) in [4.78, 5) is 30.8. The summed E-state index contributed by atoms with van der Waals surface area (Å²) >= 11 is 1.49. The van der Waals surface area contributed by atoms with Crippen molar-refractivity contribution in [1.29, 1.82) is 0 Å². The van der Waals surface area contributed by atoms with E-state index >= 15 is 0 Å². The Morgan fingerprint density at radius 3 is 2.66 bits per heavy atom. The predicted molar refractivity (Wildman–Crippen MR) is 134 cm³/mol. The lowest BCUT2D eigenvalue weighted by Gasteiger charge is -2.31. The van der Waals surface area contributed by atoms with Crippen LogP contribution in [0, 0.1) is 12.8 Å². The van der Waals surface area contributed by atoms with Gasteiger partial charge in [-0.2, -0.15) is 4.80 Å². The van der Waals surface area contributed by atoms with Crippen LogP contribution in [0.4, 0.5) is 5.69 Å². The van der Waals surface area contributed by atoms with Gasteiger partial charge in [0.2, 0.25) is 5.82 Å². The van der Waals surface area contributed by atoms with Crippen molar-refractivity contribution in [3.8, 4) is 10.7 Å². The van der Waals surface area contributed by atoms with Crippen molar-refractivity contribution < 1.29 is 14.0 Å². The molecular formula is C25H28N6O3S. The third-order valence-corrected chi connectivity index (χ3v) is 6.32. The number of nitrogens with one attached hydrogen (secondary N) is 1. The molecule has 0 aliphatic rings. The van der Waals surface area contributed by atoms with Crippen LogP contribution < -0.4 is 10.2 Å². The van der Waals surface area contributed by atoms with E-state index in [1.165, 1.54) is 27.3 Å². The van der Waals surface area contributed by atoms with Crippen molar-refractivity contribution in [2.45, 2.75) is 39.8 Å². The van der Waals surface area contributed by atoms with Crippen molar-refractivity contribution in [1.82, 2.24) is 25.5 Å². The number of anilines is 1. The third kappa shape index (κ3) is 5.83. The predicted octanol–water partition coefficient (Wildman–Crippen LogP) is 4.24. The lowest BCUT2D eigenvalue weighted by atomic mass is 10.1. The molecule has 0 saturated heterocycles. The maximum absolute atomic E-state index is 13.8. The number of thiophene rings is 1. The Kier molecular flexibility index (Phi) is 7.71. The van der Waals surface area contributed by atoms with Crippen LogP contribution in [-0.4, -0.2) is 38.6 Å². The highest BCUT2D eigenvalue weighted by molar-refractivity contribution is 7.13. The van der Waals surface area contributed by atoms with Gasteiger partial charge < -0.3 is 9.73 Å². The Morgan fingerprint density at radius 2 is 1.97 bits per heavy atom. The zero-order valence-corrected chi connectivity index (χ0v) is 20.7. The molecule has 0 spiro atoms. The minimum absolute atomic E-state index is 0.191. The van der Waals surface area contributed by atoms with Gasteiger partial charge in [-0.05, 0) is 59.7 Å². The summed E-state index contributed by atoms with van der Waals surface area (Å²) in [5.41, 5.74) is 1.45. The average molecular weight is 493 g/mol. The van der Waals surface area contributed by atoms with Crippen LogP contribution in [0.2, 0.25) is 0 Å². The summed E-state index contributed by atoms with van der Waals surface area (Å²) in [7, 11) is 0. The van der Waals surface area contributed by atoms with Gasteiger partial charge in [0.15, 0.2) is 6.04 Å². The molecule has 1 N–H and O–H groups in total. The molecular weight excluding hydrogens is 464 g/mol. The van der Waals surface area contributed by atoms with Gasteiger partial charge in [-0.3, -0.25) is 14.5 Å². The maximum Gasteiger partial charge on any atom is 0.251 e. The smallest absolute Gasteiger partial charge is 0.251 e. The van der Waals surface area contributed by atoms with Gasteiger partial charge in [0.1, 0.15) is 12.3 Å². The number of carbonyl (C=O) groups excluding carboxylic acids is 2. The molecule has 0 aliphatic carbocycles. The fourth-order valence-corrected chi connectivity index (χ4v) is 4.31. The minimum Gasteiger partial charge on any atom is -0.467 e. The molecule has 0 radical (unpaired) electrons. The van der Waals surface area contributed by atoms with Gasteiger partial charge in [0.25, 0.3) is 11.8 Å². The second-order valence-corrected chi connectivity index (χ2v) is 9.51. The lowest BCUT2D eigenvalue weighted by Crippen LogP contribution is -2.45. The standard InChI is InChI=1S/C25H28N6O3S/c1-17(2)12-13-26-25(33)23(20-10-6-14-34-20)31(19-9-5-4-8-18(19)3)22(32)16-30-28-24(27-29-30)21-11-7-15-35-21/h4-11,14-15,17,23H,12-13,16H2,1-3H3,(H,26,33)/t23-/m0/s1. The van der Waals surface area contributed by atoms with Gasteiger partial charge in [0, 0.05) is 12.2 Å². The fraction of sp³-hybridized carbons (Fsp3) is 0.320. The number of aryl methyl sites for hydroxylation is 1. The molecule has 0 unspecified atom stereocenters. The number of benzene rings is 1. The van der Waals surface area contributed by atoms with E-state index in [9.17, 15) is 9.59 Å². The molecule has 3 aromatic heterocycles. The molecule has 0 aliphatic heterocycles. The number of furan rings is 1. The molecule has 9 nitrogen and oxygen atoms in total. The first kappa shape index (κ1) is 24.3. The molecule has 1 aromatic carbocycles. The summed E-state index contributed by atoms with van der Waals surface area (Å²) < 4.78 is 5.64. The van der Waals surface area contributed by atoms with Gasteiger partial charge >= 0.3 is 0 Å². The van der Waals surface area contributed by atoms with Gasteiger partial charge in [-0.15, -0.1) is 21.5 Å². The monoisotopic (exact) mass is 492 g/mol. The number of hydrogen-bond acceptors (Lipinski definition) is 7. The zero-order valence-electron chi connectivity index (χ0n) is 19.9. The molecule has 0 bridgehead atoms. The number of nitrogens with zero attached hydrogens (tertiary/aromatic N) is 5. The summed E-state index contributed by atoms with van der Waals surface area (Å²) in [6.45, 7) is 6.39. The van der Waals surface area contributed by atoms with E-state index in [1.807, 2.05) is 48.7 Å². The van der Waals surface area contributed by atoms with E-state index in [2.05, 4.69) is 34.6 Å². The van der Waals surface area contributed by atoms with E-state index < -0.39 is 6.04 Å². The number of carbonyl (C=O) groups is 2. The Labute approximate surface area is 207 Å². The number of amides is 2. The zero-order chi connectivity index (χ0) is 24.8. The van der Waals surface area contributed by atoms with E-state index in [4.69, 9.17) is 4.42 Å². The van der Waals surface area contributed by atoms with E-state index in [1.54, 1.807) is 12.1 Å². The molecule has 1 atom stereocenters. The topological polar surface area (TPSA) is 106 Å². The molecule has 0 fully saturated rings. The summed E-state index contributed by atoms with van der Waals surface area (Å²) in [6.07, 6.45) is 2.32. The normalized spacial score (nSPS) is 12.0. The van der Waals surface area contributed by atoms with Gasteiger partial charge in [-0.25, -0.2) is 0 Å². The molecule has 10 heteroatoms. The number of aromatic nitrogens is 4. The van der Waals surface area contributed by atoms with Crippen LogP contribution in [0.5, 0.6) is 0 Å². The van der Waals surface area contributed by atoms with Crippen LogP contribution in [0.3, 0.4) is 0 Å². The first-order valence-corrected chi connectivity index (χ1v) is 12.3. The largest absolute Gasteiger partial charge is 0.467 e. The Morgan fingerprint density at radius 1 is 1.14 bits per heavy atom.